The van der Waals surface area contributed by atoms with Gasteiger partial charge >= 0.3 is 0 Å². The zero-order chi connectivity index (χ0) is 17.6. The van der Waals surface area contributed by atoms with Crippen molar-refractivity contribution in [3.05, 3.63) is 71.4 Å². The predicted octanol–water partition coefficient (Wildman–Crippen LogP) is 3.50. The first-order chi connectivity index (χ1) is 12.1. The Kier molecular flexibility index (Phi) is 5.14. The first-order valence-electron chi connectivity index (χ1n) is 8.21. The molecule has 5 heteroatoms. The molecule has 5 nitrogen and oxygen atoms in total. The van der Waals surface area contributed by atoms with E-state index in [4.69, 9.17) is 4.74 Å². The summed E-state index contributed by atoms with van der Waals surface area (Å²) in [7, 11) is 0. The molecule has 0 aliphatic rings. The Hall–Kier alpha value is -3.08. The number of hydrogen-bond donors (Lipinski definition) is 2. The van der Waals surface area contributed by atoms with E-state index in [1.807, 2.05) is 56.3 Å². The summed E-state index contributed by atoms with van der Waals surface area (Å²) in [6.07, 6.45) is 1.54. The molecule has 0 spiro atoms. The number of rotatable bonds is 6. The summed E-state index contributed by atoms with van der Waals surface area (Å²) in [5.74, 6) is 0.650. The smallest absolute Gasteiger partial charge is 0.255 e. The van der Waals surface area contributed by atoms with Crippen molar-refractivity contribution in [1.29, 1.82) is 0 Å². The molecule has 1 heterocycles. The normalized spacial score (nSPS) is 10.5. The first kappa shape index (κ1) is 16.8. The number of carbonyl (C=O) groups excluding carboxylic acids is 1. The van der Waals surface area contributed by atoms with Crippen molar-refractivity contribution < 1.29 is 9.53 Å². The van der Waals surface area contributed by atoms with Gasteiger partial charge in [-0.25, -0.2) is 0 Å². The molecule has 0 radical (unpaired) electrons. The minimum absolute atomic E-state index is 0.170. The van der Waals surface area contributed by atoms with Crippen molar-refractivity contribution in [2.75, 3.05) is 13.2 Å². The highest BCUT2D eigenvalue weighted by Gasteiger charge is 2.14. The lowest BCUT2D eigenvalue weighted by Crippen LogP contribution is -2.28. The Morgan fingerprint density at radius 1 is 1.12 bits per heavy atom. The van der Waals surface area contributed by atoms with Crippen LogP contribution in [-0.4, -0.2) is 29.3 Å². The zero-order valence-electron chi connectivity index (χ0n) is 14.4. The number of benzene rings is 2. The van der Waals surface area contributed by atoms with Crippen LogP contribution in [0.1, 0.15) is 21.5 Å². The number of aromatic amines is 1. The van der Waals surface area contributed by atoms with Crippen LogP contribution in [0.5, 0.6) is 5.75 Å². The van der Waals surface area contributed by atoms with Crippen molar-refractivity contribution in [2.24, 2.45) is 0 Å². The van der Waals surface area contributed by atoms with Gasteiger partial charge in [0.15, 0.2) is 0 Å². The number of aromatic nitrogens is 2. The average Bonchev–Trinajstić information content (AvgIpc) is 3.08. The minimum Gasteiger partial charge on any atom is -0.492 e. The van der Waals surface area contributed by atoms with Crippen LogP contribution in [0.15, 0.2) is 54.7 Å². The molecule has 3 rings (SSSR count). The molecule has 2 aromatic carbocycles. The zero-order valence-corrected chi connectivity index (χ0v) is 14.4. The van der Waals surface area contributed by atoms with Crippen LogP contribution in [0.25, 0.3) is 11.3 Å². The van der Waals surface area contributed by atoms with Crippen molar-refractivity contribution in [2.45, 2.75) is 13.8 Å². The van der Waals surface area contributed by atoms with Crippen LogP contribution in [0, 0.1) is 13.8 Å². The molecule has 0 unspecified atom stereocenters. The maximum Gasteiger partial charge on any atom is 0.255 e. The largest absolute Gasteiger partial charge is 0.492 e. The molecule has 0 saturated heterocycles. The molecule has 0 fully saturated rings. The monoisotopic (exact) mass is 335 g/mol. The lowest BCUT2D eigenvalue weighted by atomic mass is 10.1. The van der Waals surface area contributed by atoms with E-state index in [-0.39, 0.29) is 5.91 Å². The fourth-order valence-corrected chi connectivity index (χ4v) is 2.73. The number of ether oxygens (including phenoxy) is 1. The number of aryl methyl sites for hydroxylation is 2. The third-order valence-electron chi connectivity index (χ3n) is 3.80. The molecule has 25 heavy (non-hydrogen) atoms. The summed E-state index contributed by atoms with van der Waals surface area (Å²) in [4.78, 5) is 12.4. The van der Waals surface area contributed by atoms with Crippen LogP contribution in [0.3, 0.4) is 0 Å². The first-order valence-corrected chi connectivity index (χ1v) is 8.21. The SMILES string of the molecule is Cc1cc(C)cc(OCCNC(=O)c2cn[nH]c2-c2ccccc2)c1. The summed E-state index contributed by atoms with van der Waals surface area (Å²) in [5.41, 5.74) is 4.48. The fourth-order valence-electron chi connectivity index (χ4n) is 2.73. The van der Waals surface area contributed by atoms with Gasteiger partial charge in [0.2, 0.25) is 0 Å². The highest BCUT2D eigenvalue weighted by atomic mass is 16.5. The van der Waals surface area contributed by atoms with Gasteiger partial charge in [0, 0.05) is 5.56 Å². The summed E-state index contributed by atoms with van der Waals surface area (Å²) in [5, 5.41) is 9.76. The second-order valence-corrected chi connectivity index (χ2v) is 5.95. The molecule has 1 amide bonds. The number of nitrogens with zero attached hydrogens (tertiary/aromatic N) is 1. The lowest BCUT2D eigenvalue weighted by Gasteiger charge is -2.09. The number of H-pyrrole nitrogens is 1. The molecule has 0 aliphatic heterocycles. The Balaban J connectivity index is 1.56. The van der Waals surface area contributed by atoms with Gasteiger partial charge in [-0.2, -0.15) is 5.10 Å². The minimum atomic E-state index is -0.170. The predicted molar refractivity (Wildman–Crippen MR) is 97.8 cm³/mol. The van der Waals surface area contributed by atoms with Crippen LogP contribution in [0.4, 0.5) is 0 Å². The molecular formula is C20H21N3O2. The highest BCUT2D eigenvalue weighted by Crippen LogP contribution is 2.20. The Bertz CT molecular complexity index is 836. The van der Waals surface area contributed by atoms with Gasteiger partial charge in [-0.05, 0) is 37.1 Å². The van der Waals surface area contributed by atoms with E-state index in [1.54, 1.807) is 6.20 Å². The second kappa shape index (κ2) is 7.66. The van der Waals surface area contributed by atoms with Crippen LogP contribution >= 0.6 is 0 Å². The quantitative estimate of drug-likeness (QED) is 0.678. The van der Waals surface area contributed by atoms with Gasteiger partial charge in [-0.3, -0.25) is 9.89 Å². The molecule has 128 valence electrons. The van der Waals surface area contributed by atoms with Crippen LogP contribution in [0.2, 0.25) is 0 Å². The molecular weight excluding hydrogens is 314 g/mol. The third-order valence-corrected chi connectivity index (χ3v) is 3.80. The number of hydrogen-bond acceptors (Lipinski definition) is 3. The van der Waals surface area contributed by atoms with Crippen molar-refractivity contribution >= 4 is 5.91 Å². The van der Waals surface area contributed by atoms with Crippen molar-refractivity contribution in [3.8, 4) is 17.0 Å². The third kappa shape index (κ3) is 4.26. The van der Waals surface area contributed by atoms with E-state index in [0.29, 0.717) is 24.4 Å². The average molecular weight is 335 g/mol. The summed E-state index contributed by atoms with van der Waals surface area (Å²) in [6.45, 7) is 4.90. The summed E-state index contributed by atoms with van der Waals surface area (Å²) >= 11 is 0. The molecule has 1 aromatic heterocycles. The van der Waals surface area contributed by atoms with Gasteiger partial charge in [0.05, 0.1) is 24.0 Å². The molecule has 3 aromatic rings. The standard InChI is InChI=1S/C20H21N3O2/c1-14-10-15(2)12-17(11-14)25-9-8-21-20(24)18-13-22-23-19(18)16-6-4-3-5-7-16/h3-7,10-13H,8-9H2,1-2H3,(H,21,24)(H,22,23). The molecule has 0 bridgehead atoms. The van der Waals surface area contributed by atoms with Gasteiger partial charge in [0.1, 0.15) is 12.4 Å². The maximum absolute atomic E-state index is 12.4. The maximum atomic E-state index is 12.4. The second-order valence-electron chi connectivity index (χ2n) is 5.95. The summed E-state index contributed by atoms with van der Waals surface area (Å²) in [6, 6.07) is 15.7. The number of nitrogens with one attached hydrogen (secondary N) is 2. The number of amides is 1. The number of carbonyl (C=O) groups is 1. The van der Waals surface area contributed by atoms with Crippen LogP contribution < -0.4 is 10.1 Å². The van der Waals surface area contributed by atoms with E-state index < -0.39 is 0 Å². The van der Waals surface area contributed by atoms with E-state index in [1.165, 1.54) is 0 Å². The molecule has 2 N–H and O–H groups in total. The summed E-state index contributed by atoms with van der Waals surface area (Å²) < 4.78 is 5.71. The van der Waals surface area contributed by atoms with Gasteiger partial charge < -0.3 is 10.1 Å². The van der Waals surface area contributed by atoms with Gasteiger partial charge in [-0.1, -0.05) is 36.4 Å². The topological polar surface area (TPSA) is 67.0 Å². The Labute approximate surface area is 147 Å². The molecule has 0 saturated carbocycles. The van der Waals surface area contributed by atoms with E-state index >= 15 is 0 Å². The van der Waals surface area contributed by atoms with Crippen molar-refractivity contribution in [1.82, 2.24) is 15.5 Å². The van der Waals surface area contributed by atoms with E-state index in [2.05, 4.69) is 21.6 Å². The molecule has 0 atom stereocenters. The van der Waals surface area contributed by atoms with Crippen LogP contribution in [-0.2, 0) is 0 Å². The van der Waals surface area contributed by atoms with E-state index in [0.717, 1.165) is 22.4 Å². The van der Waals surface area contributed by atoms with E-state index in [9.17, 15) is 4.79 Å². The van der Waals surface area contributed by atoms with Crippen molar-refractivity contribution in [3.63, 3.8) is 0 Å². The Morgan fingerprint density at radius 3 is 2.56 bits per heavy atom. The fraction of sp³-hybridized carbons (Fsp3) is 0.200. The van der Waals surface area contributed by atoms with Gasteiger partial charge in [-0.15, -0.1) is 0 Å². The lowest BCUT2D eigenvalue weighted by molar-refractivity contribution is 0.0947. The highest BCUT2D eigenvalue weighted by molar-refractivity contribution is 5.99. The Morgan fingerprint density at radius 2 is 1.84 bits per heavy atom. The van der Waals surface area contributed by atoms with Gasteiger partial charge in [0.25, 0.3) is 5.91 Å². The molecule has 0 aliphatic carbocycles.